The Morgan fingerprint density at radius 1 is 1.23 bits per heavy atom. The summed E-state index contributed by atoms with van der Waals surface area (Å²) in [5.74, 6) is 1.11. The predicted molar refractivity (Wildman–Crippen MR) is 142 cm³/mol. The van der Waals surface area contributed by atoms with Crippen LogP contribution in [-0.2, 0) is 18.7 Å². The van der Waals surface area contributed by atoms with Gasteiger partial charge in [-0.3, -0.25) is 4.79 Å². The Bertz CT molecular complexity index is 1400. The lowest BCUT2D eigenvalue weighted by Crippen LogP contribution is -2.46. The summed E-state index contributed by atoms with van der Waals surface area (Å²) < 4.78 is 23.3. The Balaban J connectivity index is 0.000000569. The van der Waals surface area contributed by atoms with Crippen LogP contribution in [0.4, 0.5) is 11.8 Å². The van der Waals surface area contributed by atoms with Gasteiger partial charge in [0.15, 0.2) is 5.65 Å². The molecule has 1 unspecified atom stereocenters. The van der Waals surface area contributed by atoms with E-state index in [2.05, 4.69) is 21.4 Å². The van der Waals surface area contributed by atoms with Crippen LogP contribution >= 0.6 is 8.25 Å². The number of rotatable bonds is 5. The van der Waals surface area contributed by atoms with Crippen molar-refractivity contribution in [3.63, 3.8) is 0 Å². The van der Waals surface area contributed by atoms with E-state index in [9.17, 15) is 4.79 Å². The lowest BCUT2D eigenvalue weighted by Gasteiger charge is -2.36. The van der Waals surface area contributed by atoms with Gasteiger partial charge in [0, 0.05) is 36.9 Å². The van der Waals surface area contributed by atoms with Crippen LogP contribution in [0, 0.1) is 0 Å². The van der Waals surface area contributed by atoms with Crippen molar-refractivity contribution in [2.24, 2.45) is 5.73 Å². The fraction of sp³-hybridized carbons (Fsp3) is 0.440. The van der Waals surface area contributed by atoms with E-state index in [0.717, 1.165) is 54.9 Å². The van der Waals surface area contributed by atoms with E-state index >= 15 is 0 Å². The lowest BCUT2D eigenvalue weighted by atomic mass is 10.1. The molecule has 14 heteroatoms. The molecule has 1 aliphatic carbocycles. The van der Waals surface area contributed by atoms with Crippen LogP contribution in [-0.4, -0.2) is 77.2 Å². The van der Waals surface area contributed by atoms with Crippen LogP contribution < -0.4 is 20.4 Å². The summed E-state index contributed by atoms with van der Waals surface area (Å²) >= 11 is 0. The standard InChI is InChI=1S/C25H28N6O3.HO4P.H2/c1-16-14-33-11-10-31(16)23-19-5-6-20(17-3-2-4-18(13-17)21(26)32)27-22(19)28-24(29-23)30-9-12-34-25(15-30)7-8-25;1-4-5(2)3;/h2-6,13,16H,7-12,14-15H2,1H3,(H2,26,32);1H;1H/t16-;;/m0../s1. The molecular weight excluding hydrogens is 527 g/mol. The molecule has 3 aromatic rings. The molecule has 3 N–H and O–H groups in total. The Morgan fingerprint density at radius 3 is 2.72 bits per heavy atom. The third-order valence-corrected chi connectivity index (χ3v) is 7.15. The van der Waals surface area contributed by atoms with Crippen molar-refractivity contribution in [1.82, 2.24) is 15.0 Å². The number of morpholine rings is 2. The summed E-state index contributed by atoms with van der Waals surface area (Å²) in [6, 6.07) is 11.4. The van der Waals surface area contributed by atoms with Crippen molar-refractivity contribution < 1.29 is 35.1 Å². The smallest absolute Gasteiger partial charge is 0.521 e. The van der Waals surface area contributed by atoms with E-state index in [4.69, 9.17) is 44.9 Å². The summed E-state index contributed by atoms with van der Waals surface area (Å²) in [5, 5.41) is 7.95. The van der Waals surface area contributed by atoms with Gasteiger partial charge in [-0.2, -0.15) is 9.97 Å². The van der Waals surface area contributed by atoms with Gasteiger partial charge in [0.2, 0.25) is 11.9 Å². The molecule has 3 fully saturated rings. The Labute approximate surface area is 226 Å². The highest BCUT2D eigenvalue weighted by molar-refractivity contribution is 7.30. The normalized spacial score (nSPS) is 20.4. The molecule has 2 atom stereocenters. The third-order valence-electron chi connectivity index (χ3n) is 7.02. The number of ether oxygens (including phenoxy) is 2. The first kappa shape index (κ1) is 27.3. The molecular formula is C25H31N6O7P. The van der Waals surface area contributed by atoms with Gasteiger partial charge in [0.1, 0.15) is 5.82 Å². The number of benzene rings is 1. The molecule has 1 aromatic carbocycles. The highest BCUT2D eigenvalue weighted by atomic mass is 31.1. The number of hydrogen-bond donors (Lipinski definition) is 2. The lowest BCUT2D eigenvalue weighted by molar-refractivity contribution is -0.244. The minimum absolute atomic E-state index is 0. The molecule has 0 radical (unpaired) electrons. The quantitative estimate of drug-likeness (QED) is 0.265. The minimum atomic E-state index is -3.04. The number of amides is 1. The maximum Gasteiger partial charge on any atom is 0.521 e. The number of primary amides is 1. The Kier molecular flexibility index (Phi) is 7.98. The fourth-order valence-electron chi connectivity index (χ4n) is 4.84. The first-order valence-electron chi connectivity index (χ1n) is 12.6. The van der Waals surface area contributed by atoms with Gasteiger partial charge in [0.05, 0.1) is 42.5 Å². The van der Waals surface area contributed by atoms with E-state index in [1.54, 1.807) is 12.1 Å². The maximum absolute atomic E-state index is 11.7. The number of aromatic nitrogens is 3. The van der Waals surface area contributed by atoms with Gasteiger partial charge in [-0.25, -0.2) is 10.2 Å². The topological polar surface area (TPSA) is 176 Å². The number of fused-ring (bicyclic) bond motifs is 1. The number of carbonyl (C=O) groups excluding carboxylic acids is 1. The summed E-state index contributed by atoms with van der Waals surface area (Å²) in [7, 11) is -3.04. The first-order valence-corrected chi connectivity index (χ1v) is 13.7. The third kappa shape index (κ3) is 6.14. The molecule has 208 valence electrons. The molecule has 1 spiro atoms. The second-order valence-electron chi connectivity index (χ2n) is 9.74. The van der Waals surface area contributed by atoms with E-state index in [0.29, 0.717) is 37.0 Å². The van der Waals surface area contributed by atoms with E-state index in [1.807, 2.05) is 24.3 Å². The largest absolute Gasteiger partial charge is 0.565 e. The van der Waals surface area contributed by atoms with E-state index in [1.165, 1.54) is 0 Å². The van der Waals surface area contributed by atoms with E-state index < -0.39 is 14.2 Å². The molecule has 1 amide bonds. The second kappa shape index (κ2) is 11.4. The van der Waals surface area contributed by atoms with Crippen LogP contribution in [0.15, 0.2) is 36.4 Å². The van der Waals surface area contributed by atoms with Crippen molar-refractivity contribution >= 4 is 37.0 Å². The zero-order chi connectivity index (χ0) is 27.6. The van der Waals surface area contributed by atoms with Crippen molar-refractivity contribution in [2.45, 2.75) is 31.4 Å². The molecule has 2 aliphatic heterocycles. The number of anilines is 2. The van der Waals surface area contributed by atoms with Crippen molar-refractivity contribution in [3.8, 4) is 11.3 Å². The van der Waals surface area contributed by atoms with Gasteiger partial charge in [-0.05, 0) is 48.6 Å². The summed E-state index contributed by atoms with van der Waals surface area (Å²) in [4.78, 5) is 40.0. The molecule has 39 heavy (non-hydrogen) atoms. The van der Waals surface area contributed by atoms with Crippen LogP contribution in [0.3, 0.4) is 0 Å². The van der Waals surface area contributed by atoms with Crippen molar-refractivity contribution in [3.05, 3.63) is 42.0 Å². The van der Waals surface area contributed by atoms with Gasteiger partial charge in [-0.15, -0.1) is 0 Å². The molecule has 4 heterocycles. The average Bonchev–Trinajstić information content (AvgIpc) is 3.70. The molecule has 1 saturated carbocycles. The monoisotopic (exact) mass is 558 g/mol. The zero-order valence-corrected chi connectivity index (χ0v) is 22.3. The number of pyridine rings is 1. The zero-order valence-electron chi connectivity index (χ0n) is 21.4. The SMILES string of the molecule is C[C@H]1COCCN1c1nc(N2CCOC3(CC3)C2)nc2nc(-c3cccc(C(N)=O)c3)ccc12.O=[P+]([O-])OO.[HH]. The van der Waals surface area contributed by atoms with Crippen LogP contribution in [0.5, 0.6) is 0 Å². The predicted octanol–water partition coefficient (Wildman–Crippen LogP) is 2.12. The first-order chi connectivity index (χ1) is 18.8. The highest BCUT2D eigenvalue weighted by Gasteiger charge is 2.48. The molecule has 2 aromatic heterocycles. The van der Waals surface area contributed by atoms with Gasteiger partial charge in [-0.1, -0.05) is 12.1 Å². The Hall–Kier alpha value is -3.32. The van der Waals surface area contributed by atoms with Gasteiger partial charge in [0.25, 0.3) is 0 Å². The number of nitrogens with zero attached hydrogens (tertiary/aromatic N) is 5. The average molecular weight is 559 g/mol. The van der Waals surface area contributed by atoms with Crippen molar-refractivity contribution in [2.75, 3.05) is 49.3 Å². The summed E-state index contributed by atoms with van der Waals surface area (Å²) in [6.45, 7) is 6.48. The highest BCUT2D eigenvalue weighted by Crippen LogP contribution is 2.43. The van der Waals surface area contributed by atoms with Crippen LogP contribution in [0.1, 0.15) is 31.6 Å². The van der Waals surface area contributed by atoms with Gasteiger partial charge >= 0.3 is 8.25 Å². The molecule has 3 aliphatic rings. The van der Waals surface area contributed by atoms with Crippen LogP contribution in [0.2, 0.25) is 0 Å². The number of nitrogens with two attached hydrogens (primary N) is 1. The summed E-state index contributed by atoms with van der Waals surface area (Å²) in [6.07, 6.45) is 2.17. The van der Waals surface area contributed by atoms with Gasteiger partial charge < -0.3 is 29.9 Å². The molecule has 6 rings (SSSR count). The van der Waals surface area contributed by atoms with Crippen molar-refractivity contribution in [1.29, 1.82) is 0 Å². The Morgan fingerprint density at radius 2 is 2.03 bits per heavy atom. The minimum Gasteiger partial charge on any atom is -0.565 e. The summed E-state index contributed by atoms with van der Waals surface area (Å²) in [5.41, 5.74) is 8.10. The maximum atomic E-state index is 11.7. The second-order valence-corrected chi connectivity index (χ2v) is 10.3. The number of carbonyl (C=O) groups is 1. The molecule has 0 bridgehead atoms. The number of hydrogen-bond acceptors (Lipinski definition) is 12. The molecule has 13 nitrogen and oxygen atoms in total. The fourth-order valence-corrected chi connectivity index (χ4v) is 4.84. The van der Waals surface area contributed by atoms with E-state index in [-0.39, 0.29) is 13.1 Å². The van der Waals surface area contributed by atoms with Crippen LogP contribution in [0.25, 0.3) is 22.3 Å². The molecule has 2 saturated heterocycles.